The number of rotatable bonds is 6. The fraction of sp³-hybridized carbons (Fsp3) is 0.304. The van der Waals surface area contributed by atoms with E-state index in [0.29, 0.717) is 31.1 Å². The number of hydrogen-bond acceptors (Lipinski definition) is 4. The molecule has 3 aromatic rings. The zero-order valence-corrected chi connectivity index (χ0v) is 16.9. The minimum Gasteiger partial charge on any atom is -0.490 e. The molecule has 0 saturated carbocycles. The fourth-order valence-electron chi connectivity index (χ4n) is 3.68. The molecule has 0 radical (unpaired) electrons. The molecule has 150 valence electrons. The lowest BCUT2D eigenvalue weighted by Crippen LogP contribution is -2.24. The molecule has 1 aliphatic heterocycles. The van der Waals surface area contributed by atoms with Gasteiger partial charge in [-0.3, -0.25) is 4.79 Å². The second-order valence-electron chi connectivity index (χ2n) is 7.07. The third-order valence-electron chi connectivity index (χ3n) is 5.07. The maximum Gasteiger partial charge on any atom is 0.226 e. The summed E-state index contributed by atoms with van der Waals surface area (Å²) in [6.07, 6.45) is 2.21. The SMILES string of the molecule is CCOc1ccc([C@@H]2CC(=O)Nc3c2cnn3-c2ccc(C)cc2)cc1OCC. The summed E-state index contributed by atoms with van der Waals surface area (Å²) in [6, 6.07) is 14.0. The van der Waals surface area contributed by atoms with Gasteiger partial charge in [0.1, 0.15) is 5.82 Å². The molecule has 4 rings (SSSR count). The van der Waals surface area contributed by atoms with Crippen LogP contribution in [0.3, 0.4) is 0 Å². The molecule has 0 saturated heterocycles. The number of ether oxygens (including phenoxy) is 2. The van der Waals surface area contributed by atoms with Crippen LogP contribution in [0.5, 0.6) is 11.5 Å². The summed E-state index contributed by atoms with van der Waals surface area (Å²) < 4.78 is 13.2. The van der Waals surface area contributed by atoms with E-state index in [1.54, 1.807) is 4.68 Å². The second kappa shape index (κ2) is 7.99. The predicted molar refractivity (Wildman–Crippen MR) is 112 cm³/mol. The smallest absolute Gasteiger partial charge is 0.226 e. The zero-order valence-electron chi connectivity index (χ0n) is 16.9. The highest BCUT2D eigenvalue weighted by atomic mass is 16.5. The third-order valence-corrected chi connectivity index (χ3v) is 5.07. The van der Waals surface area contributed by atoms with Crippen LogP contribution in [0.4, 0.5) is 5.82 Å². The van der Waals surface area contributed by atoms with Gasteiger partial charge in [0, 0.05) is 17.9 Å². The van der Waals surface area contributed by atoms with Gasteiger partial charge in [-0.25, -0.2) is 4.68 Å². The molecule has 2 heterocycles. The Morgan fingerprint density at radius 1 is 1.07 bits per heavy atom. The third kappa shape index (κ3) is 3.70. The van der Waals surface area contributed by atoms with Gasteiger partial charge in [-0.05, 0) is 50.6 Å². The average Bonchev–Trinajstić information content (AvgIpc) is 3.13. The van der Waals surface area contributed by atoms with Gasteiger partial charge < -0.3 is 14.8 Å². The van der Waals surface area contributed by atoms with Gasteiger partial charge in [0.25, 0.3) is 0 Å². The van der Waals surface area contributed by atoms with Crippen LogP contribution in [0, 0.1) is 6.92 Å². The van der Waals surface area contributed by atoms with Gasteiger partial charge >= 0.3 is 0 Å². The van der Waals surface area contributed by atoms with Crippen molar-refractivity contribution in [2.45, 2.75) is 33.1 Å². The summed E-state index contributed by atoms with van der Waals surface area (Å²) in [4.78, 5) is 12.5. The van der Waals surface area contributed by atoms with Gasteiger partial charge in [-0.1, -0.05) is 23.8 Å². The largest absolute Gasteiger partial charge is 0.490 e. The summed E-state index contributed by atoms with van der Waals surface area (Å²) in [7, 11) is 0. The topological polar surface area (TPSA) is 65.4 Å². The van der Waals surface area contributed by atoms with E-state index in [0.717, 1.165) is 22.6 Å². The molecule has 1 atom stereocenters. The maximum atomic E-state index is 12.5. The molecule has 29 heavy (non-hydrogen) atoms. The standard InChI is InChI=1S/C23H25N3O3/c1-4-28-20-11-8-16(12-21(20)29-5-2)18-13-22(27)25-23-19(18)14-24-26(23)17-9-6-15(3)7-10-17/h6-12,14,18H,4-5,13H2,1-3H3,(H,25,27)/t18-/m0/s1. The molecule has 0 spiro atoms. The minimum absolute atomic E-state index is 0.0248. The molecule has 0 fully saturated rings. The van der Waals surface area contributed by atoms with E-state index in [1.807, 2.05) is 69.4 Å². The molecule has 1 N–H and O–H groups in total. The van der Waals surface area contributed by atoms with Crippen molar-refractivity contribution in [3.05, 3.63) is 65.4 Å². The van der Waals surface area contributed by atoms with Gasteiger partial charge in [0.15, 0.2) is 11.5 Å². The van der Waals surface area contributed by atoms with E-state index in [9.17, 15) is 4.79 Å². The number of aryl methyl sites for hydroxylation is 1. The fourth-order valence-corrected chi connectivity index (χ4v) is 3.68. The molecule has 0 unspecified atom stereocenters. The number of carbonyl (C=O) groups excluding carboxylic acids is 1. The Hall–Kier alpha value is -3.28. The summed E-state index contributed by atoms with van der Waals surface area (Å²) in [6.45, 7) is 7.05. The summed E-state index contributed by atoms with van der Waals surface area (Å²) in [5.74, 6) is 2.03. The molecule has 1 aromatic heterocycles. The van der Waals surface area contributed by atoms with Crippen LogP contribution in [0.1, 0.15) is 42.9 Å². The minimum atomic E-state index is -0.0900. The molecule has 2 aromatic carbocycles. The lowest BCUT2D eigenvalue weighted by atomic mass is 9.87. The number of aromatic nitrogens is 2. The molecule has 6 nitrogen and oxygen atoms in total. The van der Waals surface area contributed by atoms with Crippen LogP contribution in [-0.4, -0.2) is 28.9 Å². The van der Waals surface area contributed by atoms with Crippen molar-refractivity contribution in [1.29, 1.82) is 0 Å². The van der Waals surface area contributed by atoms with Crippen LogP contribution in [0.2, 0.25) is 0 Å². The monoisotopic (exact) mass is 391 g/mol. The van der Waals surface area contributed by atoms with Crippen molar-refractivity contribution >= 4 is 11.7 Å². The van der Waals surface area contributed by atoms with E-state index >= 15 is 0 Å². The predicted octanol–water partition coefficient (Wildman–Crippen LogP) is 4.45. The van der Waals surface area contributed by atoms with Crippen LogP contribution in [0.25, 0.3) is 5.69 Å². The first kappa shape index (κ1) is 19.1. The molecular formula is C23H25N3O3. The van der Waals surface area contributed by atoms with Gasteiger partial charge in [-0.15, -0.1) is 0 Å². The second-order valence-corrected chi connectivity index (χ2v) is 7.07. The van der Waals surface area contributed by atoms with Crippen molar-refractivity contribution in [2.75, 3.05) is 18.5 Å². The number of fused-ring (bicyclic) bond motifs is 1. The maximum absolute atomic E-state index is 12.5. The van der Waals surface area contributed by atoms with E-state index in [2.05, 4.69) is 10.4 Å². The van der Waals surface area contributed by atoms with E-state index in [1.165, 1.54) is 5.56 Å². The molecule has 0 bridgehead atoms. The van der Waals surface area contributed by atoms with Crippen molar-refractivity contribution in [2.24, 2.45) is 0 Å². The molecular weight excluding hydrogens is 366 g/mol. The Morgan fingerprint density at radius 2 is 1.79 bits per heavy atom. The van der Waals surface area contributed by atoms with Crippen molar-refractivity contribution < 1.29 is 14.3 Å². The summed E-state index contributed by atoms with van der Waals surface area (Å²) in [5.41, 5.74) is 4.10. The molecule has 0 aliphatic carbocycles. The van der Waals surface area contributed by atoms with E-state index in [4.69, 9.17) is 9.47 Å². The van der Waals surface area contributed by atoms with Crippen LogP contribution in [0.15, 0.2) is 48.7 Å². The van der Waals surface area contributed by atoms with Crippen molar-refractivity contribution in [1.82, 2.24) is 9.78 Å². The van der Waals surface area contributed by atoms with Crippen LogP contribution in [-0.2, 0) is 4.79 Å². The molecule has 1 aliphatic rings. The quantitative estimate of drug-likeness (QED) is 0.674. The highest BCUT2D eigenvalue weighted by Crippen LogP contribution is 2.40. The van der Waals surface area contributed by atoms with Gasteiger partial charge in [0.05, 0.1) is 25.1 Å². The van der Waals surface area contributed by atoms with Gasteiger partial charge in [0.2, 0.25) is 5.91 Å². The number of hydrogen-bond donors (Lipinski definition) is 1. The van der Waals surface area contributed by atoms with Crippen molar-refractivity contribution in [3.8, 4) is 17.2 Å². The van der Waals surface area contributed by atoms with E-state index < -0.39 is 0 Å². The molecule has 6 heteroatoms. The Labute approximate surface area is 170 Å². The normalized spacial score (nSPS) is 15.6. The zero-order chi connectivity index (χ0) is 20.4. The number of anilines is 1. The number of nitrogens with one attached hydrogen (secondary N) is 1. The van der Waals surface area contributed by atoms with Crippen LogP contribution < -0.4 is 14.8 Å². The number of nitrogens with zero attached hydrogens (tertiary/aromatic N) is 2. The lowest BCUT2D eigenvalue weighted by Gasteiger charge is -2.24. The number of benzene rings is 2. The van der Waals surface area contributed by atoms with Gasteiger partial charge in [-0.2, -0.15) is 5.10 Å². The first-order chi connectivity index (χ1) is 14.1. The number of carbonyl (C=O) groups is 1. The Morgan fingerprint density at radius 3 is 2.52 bits per heavy atom. The first-order valence-corrected chi connectivity index (χ1v) is 9.95. The van der Waals surface area contributed by atoms with Crippen molar-refractivity contribution in [3.63, 3.8) is 0 Å². The Kier molecular flexibility index (Phi) is 5.25. The summed E-state index contributed by atoms with van der Waals surface area (Å²) in [5, 5.41) is 7.56. The summed E-state index contributed by atoms with van der Waals surface area (Å²) >= 11 is 0. The number of amides is 1. The Balaban J connectivity index is 1.75. The molecule has 1 amide bonds. The Bertz CT molecular complexity index is 1020. The van der Waals surface area contributed by atoms with E-state index in [-0.39, 0.29) is 11.8 Å². The first-order valence-electron chi connectivity index (χ1n) is 9.95. The highest BCUT2D eigenvalue weighted by molar-refractivity contribution is 5.94. The average molecular weight is 391 g/mol. The highest BCUT2D eigenvalue weighted by Gasteiger charge is 2.31. The lowest BCUT2D eigenvalue weighted by molar-refractivity contribution is -0.116. The van der Waals surface area contributed by atoms with Crippen LogP contribution >= 0.6 is 0 Å².